The summed E-state index contributed by atoms with van der Waals surface area (Å²) in [6.45, 7) is 9.67. The van der Waals surface area contributed by atoms with Crippen LogP contribution in [0.25, 0.3) is 0 Å². The van der Waals surface area contributed by atoms with Crippen LogP contribution in [-0.2, 0) is 9.53 Å². The van der Waals surface area contributed by atoms with E-state index in [0.717, 1.165) is 31.7 Å². The van der Waals surface area contributed by atoms with Gasteiger partial charge in [-0.1, -0.05) is 27.7 Å². The van der Waals surface area contributed by atoms with Gasteiger partial charge in [0.1, 0.15) is 6.10 Å². The van der Waals surface area contributed by atoms with Gasteiger partial charge in [0.15, 0.2) is 0 Å². The van der Waals surface area contributed by atoms with Crippen LogP contribution in [-0.4, -0.2) is 24.7 Å². The van der Waals surface area contributed by atoms with Gasteiger partial charge in [0.2, 0.25) is 0 Å². The third-order valence-electron chi connectivity index (χ3n) is 3.96. The summed E-state index contributed by atoms with van der Waals surface area (Å²) in [7, 11) is 0. The molecule has 3 atom stereocenters. The zero-order valence-electron chi connectivity index (χ0n) is 12.4. The molecule has 3 heteroatoms. The molecule has 18 heavy (non-hydrogen) atoms. The minimum absolute atomic E-state index is 0.0210. The molecule has 1 aliphatic rings. The molecule has 3 unspecified atom stereocenters. The smallest absolute Gasteiger partial charge is 0.306 e. The van der Waals surface area contributed by atoms with Crippen molar-refractivity contribution in [2.45, 2.75) is 71.9 Å². The van der Waals surface area contributed by atoms with Gasteiger partial charge in [-0.25, -0.2) is 0 Å². The summed E-state index contributed by atoms with van der Waals surface area (Å²) in [5.74, 6) is 1.43. The molecular weight excluding hydrogens is 226 g/mol. The highest BCUT2D eigenvalue weighted by Gasteiger charge is 2.26. The zero-order valence-corrected chi connectivity index (χ0v) is 12.4. The van der Waals surface area contributed by atoms with E-state index < -0.39 is 0 Å². The number of carbonyl (C=O) groups is 1. The van der Waals surface area contributed by atoms with Crippen molar-refractivity contribution in [3.63, 3.8) is 0 Å². The molecule has 106 valence electrons. The number of rotatable bonds is 6. The lowest BCUT2D eigenvalue weighted by Gasteiger charge is -2.31. The normalized spacial score (nSPS) is 28.4. The molecule has 1 saturated carbocycles. The number of carbonyl (C=O) groups excluding carboxylic acids is 1. The first kappa shape index (κ1) is 15.5. The van der Waals surface area contributed by atoms with Crippen molar-refractivity contribution in [1.82, 2.24) is 5.32 Å². The molecule has 0 saturated heterocycles. The minimum Gasteiger partial charge on any atom is -0.462 e. The average molecular weight is 255 g/mol. The Morgan fingerprint density at radius 1 is 1.28 bits per heavy atom. The summed E-state index contributed by atoms with van der Waals surface area (Å²) in [5, 5.41) is 3.31. The van der Waals surface area contributed by atoms with E-state index in [1.807, 2.05) is 0 Å². The second-order valence-corrected chi connectivity index (χ2v) is 6.09. The van der Waals surface area contributed by atoms with Gasteiger partial charge in [0.25, 0.3) is 0 Å². The van der Waals surface area contributed by atoms with E-state index in [-0.39, 0.29) is 12.1 Å². The predicted molar refractivity (Wildman–Crippen MR) is 74.4 cm³/mol. The fourth-order valence-corrected chi connectivity index (χ4v) is 2.47. The van der Waals surface area contributed by atoms with Crippen molar-refractivity contribution in [2.24, 2.45) is 11.8 Å². The molecule has 0 radical (unpaired) electrons. The van der Waals surface area contributed by atoms with E-state index in [1.54, 1.807) is 0 Å². The maximum Gasteiger partial charge on any atom is 0.306 e. The van der Waals surface area contributed by atoms with E-state index in [0.29, 0.717) is 18.4 Å². The molecule has 0 heterocycles. The highest BCUT2D eigenvalue weighted by atomic mass is 16.5. The van der Waals surface area contributed by atoms with E-state index in [2.05, 4.69) is 33.0 Å². The van der Waals surface area contributed by atoms with Crippen LogP contribution in [0.5, 0.6) is 0 Å². The van der Waals surface area contributed by atoms with Crippen molar-refractivity contribution in [1.29, 1.82) is 0 Å². The topological polar surface area (TPSA) is 38.3 Å². The van der Waals surface area contributed by atoms with Gasteiger partial charge in [0, 0.05) is 12.5 Å². The number of hydrogen-bond acceptors (Lipinski definition) is 3. The lowest BCUT2D eigenvalue weighted by Crippen LogP contribution is -2.29. The van der Waals surface area contributed by atoms with Crippen LogP contribution >= 0.6 is 0 Å². The van der Waals surface area contributed by atoms with E-state index in [9.17, 15) is 4.79 Å². The van der Waals surface area contributed by atoms with E-state index in [4.69, 9.17) is 4.74 Å². The lowest BCUT2D eigenvalue weighted by atomic mass is 9.80. The highest BCUT2D eigenvalue weighted by Crippen LogP contribution is 2.31. The fourth-order valence-electron chi connectivity index (χ4n) is 2.47. The van der Waals surface area contributed by atoms with Gasteiger partial charge in [0.05, 0.1) is 0 Å². The molecule has 0 bridgehead atoms. The van der Waals surface area contributed by atoms with Crippen LogP contribution in [0.1, 0.15) is 59.8 Å². The molecule has 0 amide bonds. The summed E-state index contributed by atoms with van der Waals surface area (Å²) in [6.07, 6.45) is 4.85. The standard InChI is InChI=1S/C15H29NO2/c1-11(2)16-9-5-6-15(17)18-14-8-7-12(3)13(4)10-14/h11-14,16H,5-10H2,1-4H3. The van der Waals surface area contributed by atoms with Gasteiger partial charge >= 0.3 is 5.97 Å². The van der Waals surface area contributed by atoms with Crippen LogP contribution in [0.3, 0.4) is 0 Å². The second-order valence-electron chi connectivity index (χ2n) is 6.09. The van der Waals surface area contributed by atoms with Crippen molar-refractivity contribution in [3.8, 4) is 0 Å². The Bertz CT molecular complexity index is 253. The lowest BCUT2D eigenvalue weighted by molar-refractivity contribution is -0.151. The second kappa shape index (κ2) is 7.78. The molecule has 0 spiro atoms. The number of hydrogen-bond donors (Lipinski definition) is 1. The number of nitrogens with one attached hydrogen (secondary N) is 1. The SMILES string of the molecule is CC(C)NCCCC(=O)OC1CCC(C)C(C)C1. The molecule has 1 aliphatic carbocycles. The molecule has 1 fully saturated rings. The summed E-state index contributed by atoms with van der Waals surface area (Å²) in [4.78, 5) is 11.7. The van der Waals surface area contributed by atoms with Gasteiger partial charge < -0.3 is 10.1 Å². The third kappa shape index (κ3) is 5.85. The molecule has 0 aromatic rings. The first-order valence-corrected chi connectivity index (χ1v) is 7.42. The maximum atomic E-state index is 11.7. The highest BCUT2D eigenvalue weighted by molar-refractivity contribution is 5.69. The predicted octanol–water partition coefficient (Wildman–Crippen LogP) is 3.13. The molecule has 0 aromatic heterocycles. The monoisotopic (exact) mass is 255 g/mol. The Morgan fingerprint density at radius 2 is 2.00 bits per heavy atom. The molecule has 0 aromatic carbocycles. The average Bonchev–Trinajstić information content (AvgIpc) is 2.29. The maximum absolute atomic E-state index is 11.7. The molecule has 0 aliphatic heterocycles. The van der Waals surface area contributed by atoms with Crippen LogP contribution in [0.2, 0.25) is 0 Å². The molecule has 1 N–H and O–H groups in total. The Kier molecular flexibility index (Phi) is 6.69. The first-order chi connectivity index (χ1) is 8.49. The van der Waals surface area contributed by atoms with Gasteiger partial charge in [-0.05, 0) is 44.1 Å². The minimum atomic E-state index is -0.0210. The molecule has 1 rings (SSSR count). The Morgan fingerprint density at radius 3 is 2.61 bits per heavy atom. The van der Waals surface area contributed by atoms with E-state index >= 15 is 0 Å². The van der Waals surface area contributed by atoms with Crippen molar-refractivity contribution in [2.75, 3.05) is 6.54 Å². The molecule has 3 nitrogen and oxygen atoms in total. The fraction of sp³-hybridized carbons (Fsp3) is 0.933. The summed E-state index contributed by atoms with van der Waals surface area (Å²) in [5.41, 5.74) is 0. The van der Waals surface area contributed by atoms with Crippen LogP contribution < -0.4 is 5.32 Å². The Balaban J connectivity index is 2.12. The summed E-state index contributed by atoms with van der Waals surface area (Å²) < 4.78 is 5.55. The van der Waals surface area contributed by atoms with Crippen molar-refractivity contribution < 1.29 is 9.53 Å². The van der Waals surface area contributed by atoms with Crippen LogP contribution in [0.15, 0.2) is 0 Å². The van der Waals surface area contributed by atoms with Crippen LogP contribution in [0, 0.1) is 11.8 Å². The molecular formula is C15H29NO2. The van der Waals surface area contributed by atoms with Gasteiger partial charge in [-0.15, -0.1) is 0 Å². The number of ether oxygens (including phenoxy) is 1. The quantitative estimate of drug-likeness (QED) is 0.585. The van der Waals surface area contributed by atoms with E-state index in [1.165, 1.54) is 6.42 Å². The van der Waals surface area contributed by atoms with Crippen molar-refractivity contribution in [3.05, 3.63) is 0 Å². The number of esters is 1. The largest absolute Gasteiger partial charge is 0.462 e. The summed E-state index contributed by atoms with van der Waals surface area (Å²) >= 11 is 0. The summed E-state index contributed by atoms with van der Waals surface area (Å²) in [6, 6.07) is 0.488. The van der Waals surface area contributed by atoms with Gasteiger partial charge in [-0.3, -0.25) is 4.79 Å². The third-order valence-corrected chi connectivity index (χ3v) is 3.96. The Hall–Kier alpha value is -0.570. The van der Waals surface area contributed by atoms with Crippen molar-refractivity contribution >= 4 is 5.97 Å². The van der Waals surface area contributed by atoms with Gasteiger partial charge in [-0.2, -0.15) is 0 Å². The Labute approximate surface area is 112 Å². The first-order valence-electron chi connectivity index (χ1n) is 7.42. The van der Waals surface area contributed by atoms with Crippen LogP contribution in [0.4, 0.5) is 0 Å². The zero-order chi connectivity index (χ0) is 13.5.